The lowest BCUT2D eigenvalue weighted by Crippen LogP contribution is -2.37. The highest BCUT2D eigenvalue weighted by Crippen LogP contribution is 2.22. The van der Waals surface area contributed by atoms with E-state index in [-0.39, 0.29) is 17.8 Å². The number of nitrogens with one attached hydrogen (secondary N) is 3. The van der Waals surface area contributed by atoms with Crippen LogP contribution in [0.2, 0.25) is 0 Å². The van der Waals surface area contributed by atoms with E-state index in [2.05, 4.69) is 16.0 Å². The number of anilines is 1. The number of halogens is 1. The third kappa shape index (κ3) is 5.27. The van der Waals surface area contributed by atoms with E-state index in [1.807, 2.05) is 24.3 Å². The summed E-state index contributed by atoms with van der Waals surface area (Å²) in [5, 5.41) is 8.99. The van der Waals surface area contributed by atoms with Gasteiger partial charge in [-0.15, -0.1) is 0 Å². The molecule has 1 atom stereocenters. The van der Waals surface area contributed by atoms with Gasteiger partial charge in [-0.1, -0.05) is 24.3 Å². The minimum Gasteiger partial charge on any atom is -0.380 e. The van der Waals surface area contributed by atoms with Crippen molar-refractivity contribution in [3.8, 4) is 11.1 Å². The summed E-state index contributed by atoms with van der Waals surface area (Å²) in [6.07, 6.45) is 0. The van der Waals surface area contributed by atoms with Crippen LogP contribution < -0.4 is 16.0 Å². The Bertz CT molecular complexity index is 698. The van der Waals surface area contributed by atoms with Gasteiger partial charge in [-0.2, -0.15) is 0 Å². The fourth-order valence-corrected chi connectivity index (χ4v) is 2.72. The molecule has 1 fully saturated rings. The molecule has 25 heavy (non-hydrogen) atoms. The molecule has 0 aromatic heterocycles. The van der Waals surface area contributed by atoms with Gasteiger partial charge in [0.05, 0.1) is 13.2 Å². The number of hydrogen-bond acceptors (Lipinski definition) is 3. The van der Waals surface area contributed by atoms with Crippen LogP contribution in [-0.2, 0) is 4.74 Å². The fourth-order valence-electron chi connectivity index (χ4n) is 2.72. The van der Waals surface area contributed by atoms with Crippen LogP contribution >= 0.6 is 0 Å². The Kier molecular flexibility index (Phi) is 5.98. The lowest BCUT2D eigenvalue weighted by atomic mass is 10.1. The molecule has 0 saturated carbocycles. The van der Waals surface area contributed by atoms with Crippen LogP contribution in [0.3, 0.4) is 0 Å². The third-order valence-corrected chi connectivity index (χ3v) is 4.06. The van der Waals surface area contributed by atoms with E-state index in [0.29, 0.717) is 25.4 Å². The second-order valence-electron chi connectivity index (χ2n) is 6.07. The molecular formula is C19H22FN3O2. The monoisotopic (exact) mass is 343 g/mol. The molecule has 2 amide bonds. The number of carbonyl (C=O) groups is 1. The van der Waals surface area contributed by atoms with Gasteiger partial charge < -0.3 is 20.7 Å². The minimum absolute atomic E-state index is 0.250. The van der Waals surface area contributed by atoms with Crippen LogP contribution in [0.5, 0.6) is 0 Å². The molecule has 3 rings (SSSR count). The summed E-state index contributed by atoms with van der Waals surface area (Å²) in [4.78, 5) is 12.1. The summed E-state index contributed by atoms with van der Waals surface area (Å²) in [6, 6.07) is 13.5. The summed E-state index contributed by atoms with van der Waals surface area (Å²) < 4.78 is 18.5. The average molecular weight is 343 g/mol. The second kappa shape index (κ2) is 8.60. The number of ether oxygens (including phenoxy) is 1. The maximum absolute atomic E-state index is 13.0. The first-order valence-electron chi connectivity index (χ1n) is 8.40. The van der Waals surface area contributed by atoms with Gasteiger partial charge in [0.15, 0.2) is 0 Å². The van der Waals surface area contributed by atoms with E-state index in [0.717, 1.165) is 24.2 Å². The molecule has 1 saturated heterocycles. The topological polar surface area (TPSA) is 62.4 Å². The maximum atomic E-state index is 13.0. The van der Waals surface area contributed by atoms with Gasteiger partial charge >= 0.3 is 6.03 Å². The van der Waals surface area contributed by atoms with E-state index in [4.69, 9.17) is 4.74 Å². The van der Waals surface area contributed by atoms with Crippen LogP contribution in [0.25, 0.3) is 11.1 Å². The standard InChI is InChI=1S/C19H22FN3O2/c20-17-6-4-15(5-7-17)16-2-1-3-18(10-16)23-19(24)22-12-14-11-21-8-9-25-13-14/h1-7,10,14,21H,8-9,11-13H2,(H2,22,23,24)/t14-/m1/s1. The summed E-state index contributed by atoms with van der Waals surface area (Å²) in [6.45, 7) is 3.59. The van der Waals surface area contributed by atoms with E-state index in [1.165, 1.54) is 12.1 Å². The molecule has 1 heterocycles. The number of urea groups is 1. The van der Waals surface area contributed by atoms with Gasteiger partial charge in [-0.05, 0) is 35.4 Å². The zero-order valence-corrected chi connectivity index (χ0v) is 13.9. The van der Waals surface area contributed by atoms with E-state index >= 15 is 0 Å². The molecule has 6 heteroatoms. The molecule has 5 nitrogen and oxygen atoms in total. The number of hydrogen-bond donors (Lipinski definition) is 3. The van der Waals surface area contributed by atoms with Gasteiger partial charge in [0, 0.05) is 31.2 Å². The van der Waals surface area contributed by atoms with E-state index in [9.17, 15) is 9.18 Å². The van der Waals surface area contributed by atoms with E-state index in [1.54, 1.807) is 12.1 Å². The first kappa shape index (κ1) is 17.4. The van der Waals surface area contributed by atoms with Crippen molar-refractivity contribution >= 4 is 11.7 Å². The molecule has 2 aromatic carbocycles. The van der Waals surface area contributed by atoms with Crippen molar-refractivity contribution < 1.29 is 13.9 Å². The Balaban J connectivity index is 1.56. The Labute approximate surface area is 146 Å². The molecule has 0 unspecified atom stereocenters. The van der Waals surface area contributed by atoms with Gasteiger partial charge in [0.2, 0.25) is 0 Å². The summed E-state index contributed by atoms with van der Waals surface area (Å²) in [7, 11) is 0. The number of amides is 2. The summed E-state index contributed by atoms with van der Waals surface area (Å²) in [5.41, 5.74) is 2.50. The number of carbonyl (C=O) groups excluding carboxylic acids is 1. The van der Waals surface area contributed by atoms with Crippen LogP contribution in [0.15, 0.2) is 48.5 Å². The molecule has 132 valence electrons. The Morgan fingerprint density at radius 3 is 2.88 bits per heavy atom. The summed E-state index contributed by atoms with van der Waals surface area (Å²) in [5.74, 6) is -0.00631. The third-order valence-electron chi connectivity index (χ3n) is 4.06. The lowest BCUT2D eigenvalue weighted by Gasteiger charge is -2.15. The first-order valence-corrected chi connectivity index (χ1v) is 8.40. The predicted octanol–water partition coefficient (Wildman–Crippen LogP) is 2.85. The van der Waals surface area contributed by atoms with Gasteiger partial charge in [-0.3, -0.25) is 0 Å². The largest absolute Gasteiger partial charge is 0.380 e. The summed E-state index contributed by atoms with van der Waals surface area (Å²) >= 11 is 0. The molecule has 0 radical (unpaired) electrons. The molecule has 3 N–H and O–H groups in total. The van der Waals surface area contributed by atoms with Crippen molar-refractivity contribution in [3.05, 3.63) is 54.3 Å². The predicted molar refractivity (Wildman–Crippen MR) is 96.0 cm³/mol. The lowest BCUT2D eigenvalue weighted by molar-refractivity contribution is 0.123. The normalized spacial score (nSPS) is 17.6. The van der Waals surface area contributed by atoms with Crippen LogP contribution in [0.1, 0.15) is 0 Å². The minimum atomic E-state index is -0.269. The fraction of sp³-hybridized carbons (Fsp3) is 0.316. The highest BCUT2D eigenvalue weighted by molar-refractivity contribution is 5.90. The molecule has 1 aliphatic heterocycles. The molecule has 0 bridgehead atoms. The zero-order valence-electron chi connectivity index (χ0n) is 13.9. The van der Waals surface area contributed by atoms with Crippen molar-refractivity contribution in [3.63, 3.8) is 0 Å². The zero-order chi connectivity index (χ0) is 17.5. The SMILES string of the molecule is O=C(NC[C@H]1CNCCOC1)Nc1cccc(-c2ccc(F)cc2)c1. The highest BCUT2D eigenvalue weighted by Gasteiger charge is 2.13. The van der Waals surface area contributed by atoms with Crippen LogP contribution in [0.4, 0.5) is 14.9 Å². The van der Waals surface area contributed by atoms with Gasteiger partial charge in [0.25, 0.3) is 0 Å². The van der Waals surface area contributed by atoms with Gasteiger partial charge in [-0.25, -0.2) is 9.18 Å². The number of rotatable bonds is 4. The van der Waals surface area contributed by atoms with Crippen molar-refractivity contribution in [1.82, 2.24) is 10.6 Å². The Morgan fingerprint density at radius 1 is 1.20 bits per heavy atom. The molecule has 2 aromatic rings. The Morgan fingerprint density at radius 2 is 2.04 bits per heavy atom. The van der Waals surface area contributed by atoms with Crippen LogP contribution in [-0.4, -0.2) is 38.9 Å². The van der Waals surface area contributed by atoms with Crippen LogP contribution in [0, 0.1) is 11.7 Å². The maximum Gasteiger partial charge on any atom is 0.319 e. The Hall–Kier alpha value is -2.44. The van der Waals surface area contributed by atoms with E-state index < -0.39 is 0 Å². The van der Waals surface area contributed by atoms with Crippen molar-refractivity contribution in [2.75, 3.05) is 38.2 Å². The average Bonchev–Trinajstić information content (AvgIpc) is 2.90. The molecule has 0 aliphatic carbocycles. The van der Waals surface area contributed by atoms with Crippen molar-refractivity contribution in [1.29, 1.82) is 0 Å². The van der Waals surface area contributed by atoms with Crippen molar-refractivity contribution in [2.24, 2.45) is 5.92 Å². The first-order chi connectivity index (χ1) is 12.2. The molecule has 1 aliphatic rings. The molecule has 0 spiro atoms. The van der Waals surface area contributed by atoms with Gasteiger partial charge in [0.1, 0.15) is 5.82 Å². The quantitative estimate of drug-likeness (QED) is 0.800. The smallest absolute Gasteiger partial charge is 0.319 e. The number of benzene rings is 2. The second-order valence-corrected chi connectivity index (χ2v) is 6.07. The van der Waals surface area contributed by atoms with Crippen molar-refractivity contribution in [2.45, 2.75) is 0 Å². The highest BCUT2D eigenvalue weighted by atomic mass is 19.1. The molecular weight excluding hydrogens is 321 g/mol.